The molecule has 1 heterocycles. The standard InChI is InChI=1S/C27H24ClF3N2O2/c1-32(15-19-6-5-7-20(14-19)27(29,30)31)25(26(34)35-2)23-17-33(24-9-4-3-8-22(23)24)16-18-10-12-21(28)13-11-18/h3-14,17,25H,15-16H2,1-2H3. The smallest absolute Gasteiger partial charge is 0.416 e. The van der Waals surface area contributed by atoms with Gasteiger partial charge in [0, 0.05) is 40.8 Å². The first-order valence-corrected chi connectivity index (χ1v) is 11.3. The second-order valence-electron chi connectivity index (χ2n) is 8.39. The van der Waals surface area contributed by atoms with E-state index in [2.05, 4.69) is 0 Å². The molecule has 8 heteroatoms. The van der Waals surface area contributed by atoms with Gasteiger partial charge in [0.15, 0.2) is 0 Å². The number of aromatic nitrogens is 1. The van der Waals surface area contributed by atoms with Gasteiger partial charge in [-0.25, -0.2) is 4.79 Å². The molecule has 0 saturated carbocycles. The first kappa shape index (κ1) is 24.8. The highest BCUT2D eigenvalue weighted by Crippen LogP contribution is 2.33. The van der Waals surface area contributed by atoms with Gasteiger partial charge in [0.05, 0.1) is 12.7 Å². The normalized spacial score (nSPS) is 12.8. The molecule has 35 heavy (non-hydrogen) atoms. The van der Waals surface area contributed by atoms with Crippen LogP contribution < -0.4 is 0 Å². The summed E-state index contributed by atoms with van der Waals surface area (Å²) in [6, 6.07) is 19.5. The van der Waals surface area contributed by atoms with Gasteiger partial charge in [-0.1, -0.05) is 60.1 Å². The molecular weight excluding hydrogens is 477 g/mol. The summed E-state index contributed by atoms with van der Waals surface area (Å²) in [6.07, 6.45) is -2.53. The van der Waals surface area contributed by atoms with E-state index in [-0.39, 0.29) is 6.54 Å². The van der Waals surface area contributed by atoms with Gasteiger partial charge in [0.1, 0.15) is 6.04 Å². The van der Waals surface area contributed by atoms with Crippen molar-refractivity contribution in [2.45, 2.75) is 25.3 Å². The minimum Gasteiger partial charge on any atom is -0.468 e. The average molecular weight is 501 g/mol. The lowest BCUT2D eigenvalue weighted by Gasteiger charge is -2.26. The Balaban J connectivity index is 1.71. The number of carbonyl (C=O) groups is 1. The van der Waals surface area contributed by atoms with E-state index in [1.165, 1.54) is 13.2 Å². The van der Waals surface area contributed by atoms with Crippen LogP contribution in [-0.4, -0.2) is 29.6 Å². The van der Waals surface area contributed by atoms with E-state index in [1.807, 2.05) is 59.3 Å². The second kappa shape index (κ2) is 10.1. The summed E-state index contributed by atoms with van der Waals surface area (Å²) in [7, 11) is 3.01. The van der Waals surface area contributed by atoms with Crippen molar-refractivity contribution < 1.29 is 22.7 Å². The SMILES string of the molecule is COC(=O)C(c1cn(Cc2ccc(Cl)cc2)c2ccccc12)N(C)Cc1cccc(C(F)(F)F)c1. The Morgan fingerprint density at radius 1 is 1.03 bits per heavy atom. The van der Waals surface area contributed by atoms with E-state index < -0.39 is 23.8 Å². The van der Waals surface area contributed by atoms with Crippen molar-refractivity contribution in [1.29, 1.82) is 0 Å². The highest BCUT2D eigenvalue weighted by molar-refractivity contribution is 6.30. The van der Waals surface area contributed by atoms with Crippen LogP contribution in [0.5, 0.6) is 0 Å². The molecule has 0 aliphatic rings. The van der Waals surface area contributed by atoms with Gasteiger partial charge in [-0.2, -0.15) is 13.2 Å². The highest BCUT2D eigenvalue weighted by Gasteiger charge is 2.32. The molecule has 0 spiro atoms. The number of nitrogens with zero attached hydrogens (tertiary/aromatic N) is 2. The lowest BCUT2D eigenvalue weighted by Crippen LogP contribution is -2.31. The number of hydrogen-bond acceptors (Lipinski definition) is 3. The van der Waals surface area contributed by atoms with Gasteiger partial charge < -0.3 is 9.30 Å². The lowest BCUT2D eigenvalue weighted by molar-refractivity contribution is -0.147. The van der Waals surface area contributed by atoms with Gasteiger partial charge >= 0.3 is 12.1 Å². The zero-order valence-corrected chi connectivity index (χ0v) is 20.0. The number of rotatable bonds is 7. The average Bonchev–Trinajstić information content (AvgIpc) is 3.18. The van der Waals surface area contributed by atoms with E-state index in [0.717, 1.165) is 34.2 Å². The summed E-state index contributed by atoms with van der Waals surface area (Å²) in [5.41, 5.74) is 2.40. The van der Waals surface area contributed by atoms with Crippen LogP contribution in [-0.2, 0) is 28.8 Å². The number of ether oxygens (including phenoxy) is 1. The molecule has 182 valence electrons. The largest absolute Gasteiger partial charge is 0.468 e. The molecule has 0 amide bonds. The molecule has 1 unspecified atom stereocenters. The highest BCUT2D eigenvalue weighted by atomic mass is 35.5. The Kier molecular flexibility index (Phi) is 7.19. The summed E-state index contributed by atoms with van der Waals surface area (Å²) in [6.45, 7) is 0.684. The third kappa shape index (κ3) is 5.52. The Bertz CT molecular complexity index is 1330. The van der Waals surface area contributed by atoms with Crippen molar-refractivity contribution in [3.63, 3.8) is 0 Å². The third-order valence-corrected chi connectivity index (χ3v) is 6.18. The lowest BCUT2D eigenvalue weighted by atomic mass is 10.0. The number of methoxy groups -OCH3 is 1. The number of esters is 1. The van der Waals surface area contributed by atoms with E-state index in [9.17, 15) is 18.0 Å². The number of likely N-dealkylation sites (N-methyl/N-ethyl adjacent to an activating group) is 1. The molecule has 0 fully saturated rings. The predicted molar refractivity (Wildman–Crippen MR) is 130 cm³/mol. The van der Waals surface area contributed by atoms with Crippen LogP contribution >= 0.6 is 11.6 Å². The Morgan fingerprint density at radius 2 is 1.74 bits per heavy atom. The molecule has 4 aromatic rings. The van der Waals surface area contributed by atoms with Crippen LogP contribution in [0.15, 0.2) is 79.0 Å². The molecule has 1 aromatic heterocycles. The summed E-state index contributed by atoms with van der Waals surface area (Å²) >= 11 is 6.02. The molecule has 0 N–H and O–H groups in total. The molecular formula is C27H24ClF3N2O2. The summed E-state index contributed by atoms with van der Waals surface area (Å²) in [5.74, 6) is -0.492. The van der Waals surface area contributed by atoms with Crippen LogP contribution in [0.2, 0.25) is 5.02 Å². The van der Waals surface area contributed by atoms with Gasteiger partial charge in [-0.05, 0) is 42.4 Å². The third-order valence-electron chi connectivity index (χ3n) is 5.93. The van der Waals surface area contributed by atoms with Crippen molar-refractivity contribution in [3.05, 3.63) is 106 Å². The molecule has 4 rings (SSSR count). The number of carbonyl (C=O) groups excluding carboxylic acids is 1. The van der Waals surface area contributed by atoms with Gasteiger partial charge in [-0.3, -0.25) is 4.90 Å². The minimum atomic E-state index is -4.44. The number of fused-ring (bicyclic) bond motifs is 1. The monoisotopic (exact) mass is 500 g/mol. The van der Waals surface area contributed by atoms with Crippen LogP contribution in [0.3, 0.4) is 0 Å². The van der Waals surface area contributed by atoms with Crippen molar-refractivity contribution in [3.8, 4) is 0 Å². The number of para-hydroxylation sites is 1. The van der Waals surface area contributed by atoms with E-state index in [1.54, 1.807) is 18.0 Å². The second-order valence-corrected chi connectivity index (χ2v) is 8.83. The molecule has 1 atom stereocenters. The molecule has 0 aliphatic carbocycles. The molecule has 0 aliphatic heterocycles. The number of benzene rings is 3. The van der Waals surface area contributed by atoms with Crippen LogP contribution in [0.1, 0.15) is 28.3 Å². The topological polar surface area (TPSA) is 34.5 Å². The Hall–Kier alpha value is -3.29. The first-order valence-electron chi connectivity index (χ1n) is 10.9. The molecule has 0 radical (unpaired) electrons. The fourth-order valence-electron chi connectivity index (χ4n) is 4.29. The summed E-state index contributed by atoms with van der Waals surface area (Å²) < 4.78 is 46.7. The molecule has 4 nitrogen and oxygen atoms in total. The van der Waals surface area contributed by atoms with E-state index >= 15 is 0 Å². The predicted octanol–water partition coefficient (Wildman–Crippen LogP) is 6.71. The van der Waals surface area contributed by atoms with Crippen LogP contribution in [0.4, 0.5) is 13.2 Å². The zero-order chi connectivity index (χ0) is 25.2. The van der Waals surface area contributed by atoms with Crippen molar-refractivity contribution in [2.24, 2.45) is 0 Å². The fourth-order valence-corrected chi connectivity index (χ4v) is 4.42. The maximum Gasteiger partial charge on any atom is 0.416 e. The van der Waals surface area contributed by atoms with Crippen molar-refractivity contribution in [1.82, 2.24) is 9.47 Å². The Labute approximate surface area is 206 Å². The number of halogens is 4. The van der Waals surface area contributed by atoms with Crippen LogP contribution in [0, 0.1) is 0 Å². The molecule has 0 saturated heterocycles. The van der Waals surface area contributed by atoms with E-state index in [0.29, 0.717) is 17.1 Å². The van der Waals surface area contributed by atoms with Crippen LogP contribution in [0.25, 0.3) is 10.9 Å². The molecule has 3 aromatic carbocycles. The maximum atomic E-state index is 13.2. The summed E-state index contributed by atoms with van der Waals surface area (Å²) in [5, 5.41) is 1.52. The van der Waals surface area contributed by atoms with E-state index in [4.69, 9.17) is 16.3 Å². The number of hydrogen-bond donors (Lipinski definition) is 0. The van der Waals surface area contributed by atoms with Crippen molar-refractivity contribution in [2.75, 3.05) is 14.2 Å². The van der Waals surface area contributed by atoms with Gasteiger partial charge in [-0.15, -0.1) is 0 Å². The Morgan fingerprint density at radius 3 is 2.43 bits per heavy atom. The maximum absolute atomic E-state index is 13.2. The van der Waals surface area contributed by atoms with Crippen molar-refractivity contribution >= 4 is 28.5 Å². The molecule has 0 bridgehead atoms. The quantitative estimate of drug-likeness (QED) is 0.265. The number of alkyl halides is 3. The fraction of sp³-hybridized carbons (Fsp3) is 0.222. The zero-order valence-electron chi connectivity index (χ0n) is 19.2. The first-order chi connectivity index (χ1) is 16.7. The van der Waals surface area contributed by atoms with Gasteiger partial charge in [0.25, 0.3) is 0 Å². The van der Waals surface area contributed by atoms with Gasteiger partial charge in [0.2, 0.25) is 0 Å². The summed E-state index contributed by atoms with van der Waals surface area (Å²) in [4.78, 5) is 14.7. The minimum absolute atomic E-state index is 0.125.